The summed E-state index contributed by atoms with van der Waals surface area (Å²) in [7, 11) is -35.0. The highest BCUT2D eigenvalue weighted by molar-refractivity contribution is 7.82. The van der Waals surface area contributed by atoms with Crippen LogP contribution in [0.5, 0.6) is 0 Å². The molecule has 0 radical (unpaired) electrons. The highest BCUT2D eigenvalue weighted by atomic mass is 32.3. The van der Waals surface area contributed by atoms with E-state index in [2.05, 4.69) is 25.1 Å². The highest BCUT2D eigenvalue weighted by Gasteiger charge is 2.65. The normalized spacial score (nSPS) is 33.2. The maximum Gasteiger partial charge on any atom is 0.397 e. The molecule has 0 saturated carbocycles. The predicted molar refractivity (Wildman–Crippen MR) is 131 cm³/mol. The SMILES string of the molecule is O=S(=O)(O)OC[C@H]1O[C@@](COS(=O)(=O)O)(O[C@H]2O[C@H](CO)[C@@H](O)[C@H](OS(=O)(=O)O)[C@H]2OS(=O)(=O)O)[C@@H](OS(=O)(=O)O)[C@@H]1OS(=O)(=O)O. The molecule has 0 amide bonds. The van der Waals surface area contributed by atoms with E-state index < -0.39 is 137 Å². The second-order valence-corrected chi connectivity index (χ2v) is 15.0. The summed E-state index contributed by atoms with van der Waals surface area (Å²) in [6.45, 7) is -5.34. The molecule has 2 aliphatic rings. The van der Waals surface area contributed by atoms with Crippen LogP contribution in [0.15, 0.2) is 0 Å². The van der Waals surface area contributed by atoms with Crippen LogP contribution in [0.1, 0.15) is 0 Å². The fraction of sp³-hybridized carbons (Fsp3) is 1.00. The maximum absolute atomic E-state index is 11.7. The van der Waals surface area contributed by atoms with Crippen LogP contribution in [0.25, 0.3) is 0 Å². The third-order valence-electron chi connectivity index (χ3n) is 5.28. The van der Waals surface area contributed by atoms with Crippen molar-refractivity contribution in [3.8, 4) is 0 Å². The van der Waals surface area contributed by atoms with Crippen molar-refractivity contribution in [3.63, 3.8) is 0 Å². The van der Waals surface area contributed by atoms with Crippen molar-refractivity contribution in [2.45, 2.75) is 54.8 Å². The molecule has 2 rings (SSSR count). The van der Waals surface area contributed by atoms with Crippen LogP contribution in [-0.4, -0.2) is 163 Å². The van der Waals surface area contributed by atoms with E-state index in [-0.39, 0.29) is 0 Å². The summed E-state index contributed by atoms with van der Waals surface area (Å²) in [5.41, 5.74) is 0. The lowest BCUT2D eigenvalue weighted by atomic mass is 9.99. The van der Waals surface area contributed by atoms with Gasteiger partial charge in [-0.25, -0.2) is 25.1 Å². The van der Waals surface area contributed by atoms with E-state index in [1.807, 2.05) is 0 Å². The Morgan fingerprint density at radius 3 is 1.45 bits per heavy atom. The van der Waals surface area contributed by atoms with Gasteiger partial charge >= 0.3 is 62.4 Å². The summed E-state index contributed by atoms with van der Waals surface area (Å²) < 4.78 is 232. The first-order valence-corrected chi connectivity index (χ1v) is 19.2. The molecule has 47 heavy (non-hydrogen) atoms. The van der Waals surface area contributed by atoms with Gasteiger partial charge in [-0.1, -0.05) is 0 Å². The van der Waals surface area contributed by atoms with Gasteiger partial charge in [0.05, 0.1) is 13.2 Å². The molecular weight excluding hydrogens is 801 g/mol. The first-order valence-electron chi connectivity index (χ1n) is 11.0. The minimum absolute atomic E-state index is 1.44. The van der Waals surface area contributed by atoms with Gasteiger partial charge in [0.25, 0.3) is 0 Å². The monoisotopic (exact) mass is 822 g/mol. The molecule has 0 spiro atoms. The summed E-state index contributed by atoms with van der Waals surface area (Å²) in [6, 6.07) is 0. The number of hydrogen-bond acceptors (Lipinski definition) is 23. The molecule has 0 aromatic rings. The number of aliphatic hydroxyl groups excluding tert-OH is 2. The molecule has 9 atom stereocenters. The van der Waals surface area contributed by atoms with Crippen LogP contribution in [-0.2, 0) is 102 Å². The van der Waals surface area contributed by atoms with Crippen molar-refractivity contribution < 1.29 is 127 Å². The van der Waals surface area contributed by atoms with Gasteiger partial charge in [-0.05, 0) is 0 Å². The standard InChI is InChI=1S/C12H22O29S6/c13-1-4-6(14)8(39-45(24,25)26)9(40-46(27,28)29)11(35-4)37-12(3-34-43(18,19)20)10(41-47(30,31)32)7(38-44(21,22)23)5(36-12)2-33-42(15,16)17/h4-11,13-14H,1-3H2,(H,15,16,17)(H,18,19,20)(H,21,22,23)(H,24,25,26)(H,27,28,29)(H,30,31,32)/t4-,5-,6-,7-,8+,9-,10+,11-,12+/m1/s1. The average Bonchev–Trinajstić information content (AvgIpc) is 3.08. The second-order valence-electron chi connectivity index (χ2n) is 8.61. The van der Waals surface area contributed by atoms with E-state index >= 15 is 0 Å². The maximum atomic E-state index is 11.7. The summed E-state index contributed by atoms with van der Waals surface area (Å²) in [6.07, 6.45) is -22.7. The molecule has 0 bridgehead atoms. The molecule has 2 aliphatic heterocycles. The molecule has 35 heteroatoms. The molecule has 0 unspecified atom stereocenters. The van der Waals surface area contributed by atoms with Gasteiger partial charge in [-0.15, -0.1) is 0 Å². The Morgan fingerprint density at radius 1 is 0.574 bits per heavy atom. The van der Waals surface area contributed by atoms with Crippen molar-refractivity contribution >= 4 is 62.4 Å². The summed E-state index contributed by atoms with van der Waals surface area (Å²) >= 11 is 0. The first kappa shape index (κ1) is 42.2. The number of hydrogen-bond donors (Lipinski definition) is 8. The first-order chi connectivity index (χ1) is 20.8. The van der Waals surface area contributed by atoms with Crippen molar-refractivity contribution in [2.75, 3.05) is 19.8 Å². The molecular formula is C12H22O29S6. The molecule has 2 heterocycles. The van der Waals surface area contributed by atoms with Gasteiger partial charge < -0.3 is 24.4 Å². The molecule has 8 N–H and O–H groups in total. The van der Waals surface area contributed by atoms with Gasteiger partial charge in [-0.3, -0.25) is 27.3 Å². The smallest absolute Gasteiger partial charge is 0.394 e. The summed E-state index contributed by atoms with van der Waals surface area (Å²) in [4.78, 5) is 0. The van der Waals surface area contributed by atoms with Crippen LogP contribution in [0.3, 0.4) is 0 Å². The van der Waals surface area contributed by atoms with Crippen LogP contribution < -0.4 is 0 Å². The van der Waals surface area contributed by atoms with Gasteiger partial charge in [0, 0.05) is 0 Å². The van der Waals surface area contributed by atoms with E-state index in [9.17, 15) is 74.4 Å². The van der Waals surface area contributed by atoms with Crippen LogP contribution in [0.2, 0.25) is 0 Å². The molecule has 280 valence electrons. The van der Waals surface area contributed by atoms with Crippen molar-refractivity contribution in [1.82, 2.24) is 0 Å². The summed E-state index contributed by atoms with van der Waals surface area (Å²) in [5.74, 6) is -3.83. The number of rotatable bonds is 17. The minimum Gasteiger partial charge on any atom is -0.394 e. The third-order valence-corrected chi connectivity index (χ3v) is 7.97. The zero-order valence-corrected chi connectivity index (χ0v) is 26.7. The molecule has 0 aromatic carbocycles. The minimum atomic E-state index is -6.05. The second kappa shape index (κ2) is 14.7. The molecule has 2 fully saturated rings. The van der Waals surface area contributed by atoms with E-state index in [0.29, 0.717) is 0 Å². The van der Waals surface area contributed by atoms with Crippen molar-refractivity contribution in [2.24, 2.45) is 0 Å². The van der Waals surface area contributed by atoms with Gasteiger partial charge in [0.1, 0.15) is 37.1 Å². The lowest BCUT2D eigenvalue weighted by molar-refractivity contribution is -0.376. The fourth-order valence-electron chi connectivity index (χ4n) is 3.86. The molecule has 2 saturated heterocycles. The Kier molecular flexibility index (Phi) is 13.2. The molecule has 29 nitrogen and oxygen atoms in total. The van der Waals surface area contributed by atoms with Gasteiger partial charge in [-0.2, -0.15) is 50.5 Å². The predicted octanol–water partition coefficient (Wildman–Crippen LogP) is -6.43. The lowest BCUT2D eigenvalue weighted by Gasteiger charge is -2.45. The average molecular weight is 823 g/mol. The number of aliphatic hydroxyl groups is 2. The molecule has 0 aromatic heterocycles. The number of ether oxygens (including phenoxy) is 3. The largest absolute Gasteiger partial charge is 0.397 e. The van der Waals surface area contributed by atoms with Crippen molar-refractivity contribution in [3.05, 3.63) is 0 Å². The van der Waals surface area contributed by atoms with E-state index in [1.165, 1.54) is 0 Å². The molecule has 0 aliphatic carbocycles. The van der Waals surface area contributed by atoms with E-state index in [1.54, 1.807) is 0 Å². The lowest BCUT2D eigenvalue weighted by Crippen LogP contribution is -2.65. The van der Waals surface area contributed by atoms with Crippen LogP contribution in [0, 0.1) is 0 Å². The van der Waals surface area contributed by atoms with Crippen LogP contribution >= 0.6 is 0 Å². The zero-order valence-electron chi connectivity index (χ0n) is 21.8. The third kappa shape index (κ3) is 13.7. The Labute approximate surface area is 263 Å². The van der Waals surface area contributed by atoms with Gasteiger partial charge in [0.15, 0.2) is 18.5 Å². The van der Waals surface area contributed by atoms with E-state index in [4.69, 9.17) is 27.9 Å². The zero-order chi connectivity index (χ0) is 36.6. The quantitative estimate of drug-likeness (QED) is 0.0632. The van der Waals surface area contributed by atoms with Crippen molar-refractivity contribution in [1.29, 1.82) is 0 Å². The van der Waals surface area contributed by atoms with Gasteiger partial charge in [0.2, 0.25) is 5.79 Å². The fourth-order valence-corrected chi connectivity index (χ4v) is 6.49. The summed E-state index contributed by atoms with van der Waals surface area (Å²) in [5, 5.41) is 19.9. The Morgan fingerprint density at radius 2 is 1.02 bits per heavy atom. The topological polar surface area (TPSA) is 450 Å². The highest BCUT2D eigenvalue weighted by Crippen LogP contribution is 2.42. The Hall–Kier alpha value is -0.980. The Bertz CT molecular complexity index is 1770. The van der Waals surface area contributed by atoms with Crippen LogP contribution in [0.4, 0.5) is 0 Å². The van der Waals surface area contributed by atoms with E-state index in [0.717, 1.165) is 0 Å². The Balaban J connectivity index is 2.90.